The first-order valence-electron chi connectivity index (χ1n) is 4.18. The SMILES string of the molecule is CCOC(=O)c1cccc([N+](=O)[O-])c1Br. The molecule has 0 bridgehead atoms. The summed E-state index contributed by atoms with van der Waals surface area (Å²) >= 11 is 3.01. The number of ether oxygens (including phenoxy) is 1. The van der Waals surface area contributed by atoms with Crippen molar-refractivity contribution in [3.63, 3.8) is 0 Å². The third-order valence-corrected chi connectivity index (χ3v) is 2.50. The highest BCUT2D eigenvalue weighted by Crippen LogP contribution is 2.28. The molecule has 0 aliphatic rings. The lowest BCUT2D eigenvalue weighted by atomic mass is 10.2. The molecule has 0 fully saturated rings. The fourth-order valence-electron chi connectivity index (χ4n) is 1.03. The van der Waals surface area contributed by atoms with Crippen molar-refractivity contribution in [1.29, 1.82) is 0 Å². The number of carbonyl (C=O) groups is 1. The van der Waals surface area contributed by atoms with Gasteiger partial charge < -0.3 is 4.74 Å². The van der Waals surface area contributed by atoms with Gasteiger partial charge in [-0.2, -0.15) is 0 Å². The van der Waals surface area contributed by atoms with Crippen LogP contribution in [0.1, 0.15) is 17.3 Å². The van der Waals surface area contributed by atoms with Crippen LogP contribution in [0.5, 0.6) is 0 Å². The summed E-state index contributed by atoms with van der Waals surface area (Å²) in [7, 11) is 0. The number of carbonyl (C=O) groups excluding carboxylic acids is 1. The van der Waals surface area contributed by atoms with Crippen molar-refractivity contribution in [2.24, 2.45) is 0 Å². The van der Waals surface area contributed by atoms with Gasteiger partial charge in [0.25, 0.3) is 5.69 Å². The minimum Gasteiger partial charge on any atom is -0.462 e. The number of nitro groups is 1. The van der Waals surface area contributed by atoms with Crippen molar-refractivity contribution in [3.05, 3.63) is 38.3 Å². The zero-order valence-electron chi connectivity index (χ0n) is 7.90. The molecule has 0 spiro atoms. The summed E-state index contributed by atoms with van der Waals surface area (Å²) in [6.07, 6.45) is 0. The van der Waals surface area contributed by atoms with Crippen LogP contribution in [0, 0.1) is 10.1 Å². The molecular weight excluding hydrogens is 266 g/mol. The molecule has 0 aliphatic carbocycles. The van der Waals surface area contributed by atoms with Gasteiger partial charge in [-0.25, -0.2) is 4.79 Å². The largest absolute Gasteiger partial charge is 0.462 e. The van der Waals surface area contributed by atoms with Gasteiger partial charge in [0.1, 0.15) is 4.47 Å². The van der Waals surface area contributed by atoms with E-state index in [4.69, 9.17) is 4.74 Å². The molecule has 80 valence electrons. The van der Waals surface area contributed by atoms with Crippen LogP contribution in [-0.4, -0.2) is 17.5 Å². The predicted octanol–water partition coefficient (Wildman–Crippen LogP) is 2.53. The van der Waals surface area contributed by atoms with E-state index in [0.29, 0.717) is 0 Å². The number of esters is 1. The molecule has 1 rings (SSSR count). The van der Waals surface area contributed by atoms with Crippen molar-refractivity contribution >= 4 is 27.6 Å². The quantitative estimate of drug-likeness (QED) is 0.482. The first-order valence-corrected chi connectivity index (χ1v) is 4.97. The van der Waals surface area contributed by atoms with Gasteiger partial charge in [-0.05, 0) is 28.9 Å². The average molecular weight is 274 g/mol. The van der Waals surface area contributed by atoms with E-state index >= 15 is 0 Å². The van der Waals surface area contributed by atoms with E-state index < -0.39 is 10.9 Å². The highest BCUT2D eigenvalue weighted by Gasteiger charge is 2.19. The van der Waals surface area contributed by atoms with Gasteiger partial charge >= 0.3 is 5.97 Å². The van der Waals surface area contributed by atoms with E-state index in [1.165, 1.54) is 18.2 Å². The Labute approximate surface area is 94.3 Å². The highest BCUT2D eigenvalue weighted by molar-refractivity contribution is 9.10. The number of hydrogen-bond acceptors (Lipinski definition) is 4. The van der Waals surface area contributed by atoms with Gasteiger partial charge in [0.2, 0.25) is 0 Å². The molecule has 0 heterocycles. The van der Waals surface area contributed by atoms with Crippen LogP contribution in [0.2, 0.25) is 0 Å². The second kappa shape index (κ2) is 4.88. The smallest absolute Gasteiger partial charge is 0.339 e. The summed E-state index contributed by atoms with van der Waals surface area (Å²) in [6.45, 7) is 1.90. The van der Waals surface area contributed by atoms with Crippen LogP contribution in [0.15, 0.2) is 22.7 Å². The summed E-state index contributed by atoms with van der Waals surface area (Å²) in [4.78, 5) is 21.4. The Morgan fingerprint density at radius 1 is 1.60 bits per heavy atom. The van der Waals surface area contributed by atoms with Crippen LogP contribution in [0.4, 0.5) is 5.69 Å². The Kier molecular flexibility index (Phi) is 3.79. The molecule has 0 N–H and O–H groups in total. The van der Waals surface area contributed by atoms with Crippen LogP contribution < -0.4 is 0 Å². The number of benzene rings is 1. The van der Waals surface area contributed by atoms with Gasteiger partial charge in [-0.15, -0.1) is 0 Å². The molecule has 1 aromatic carbocycles. The normalized spacial score (nSPS) is 9.73. The second-order valence-electron chi connectivity index (χ2n) is 2.62. The lowest BCUT2D eigenvalue weighted by Crippen LogP contribution is -2.06. The zero-order chi connectivity index (χ0) is 11.4. The van der Waals surface area contributed by atoms with Gasteiger partial charge in [-0.1, -0.05) is 6.07 Å². The Morgan fingerprint density at radius 2 is 2.27 bits per heavy atom. The van der Waals surface area contributed by atoms with E-state index in [0.717, 1.165) is 0 Å². The average Bonchev–Trinajstić information content (AvgIpc) is 2.17. The maximum absolute atomic E-state index is 11.4. The molecule has 0 unspecified atom stereocenters. The molecule has 0 saturated carbocycles. The Hall–Kier alpha value is -1.43. The van der Waals surface area contributed by atoms with E-state index in [1.807, 2.05) is 0 Å². The molecule has 0 aromatic heterocycles. The standard InChI is InChI=1S/C9H8BrNO4/c1-2-15-9(12)6-4-3-5-7(8(6)10)11(13)14/h3-5H,2H2,1H3. The third kappa shape index (κ3) is 2.53. The topological polar surface area (TPSA) is 69.4 Å². The first kappa shape index (κ1) is 11.6. The van der Waals surface area contributed by atoms with Crippen molar-refractivity contribution < 1.29 is 14.5 Å². The lowest BCUT2D eigenvalue weighted by Gasteiger charge is -2.03. The first-order chi connectivity index (χ1) is 7.07. The zero-order valence-corrected chi connectivity index (χ0v) is 9.48. The number of rotatable bonds is 3. The molecular formula is C9H8BrNO4. The molecule has 0 saturated heterocycles. The summed E-state index contributed by atoms with van der Waals surface area (Å²) in [5.41, 5.74) is 0.00611. The maximum Gasteiger partial charge on any atom is 0.339 e. The molecule has 15 heavy (non-hydrogen) atoms. The van der Waals surface area contributed by atoms with Crippen LogP contribution in [0.3, 0.4) is 0 Å². The number of nitrogens with zero attached hydrogens (tertiary/aromatic N) is 1. The van der Waals surface area contributed by atoms with Crippen LogP contribution >= 0.6 is 15.9 Å². The van der Waals surface area contributed by atoms with Crippen molar-refractivity contribution in [1.82, 2.24) is 0 Å². The number of nitro benzene ring substituents is 1. The van der Waals surface area contributed by atoms with Crippen molar-refractivity contribution in [2.45, 2.75) is 6.92 Å². The summed E-state index contributed by atoms with van der Waals surface area (Å²) in [5.74, 6) is -0.576. The highest BCUT2D eigenvalue weighted by atomic mass is 79.9. The van der Waals surface area contributed by atoms with Crippen LogP contribution in [-0.2, 0) is 4.74 Å². The number of hydrogen-bond donors (Lipinski definition) is 0. The Morgan fingerprint density at radius 3 is 2.80 bits per heavy atom. The maximum atomic E-state index is 11.4. The van der Waals surface area contributed by atoms with Crippen molar-refractivity contribution in [3.8, 4) is 0 Å². The monoisotopic (exact) mass is 273 g/mol. The van der Waals surface area contributed by atoms with E-state index in [1.54, 1.807) is 6.92 Å². The molecule has 6 heteroatoms. The van der Waals surface area contributed by atoms with Gasteiger partial charge in [0, 0.05) is 6.07 Å². The lowest BCUT2D eigenvalue weighted by molar-refractivity contribution is -0.385. The second-order valence-corrected chi connectivity index (χ2v) is 3.41. The summed E-state index contributed by atoms with van der Waals surface area (Å²) in [5, 5.41) is 10.6. The summed E-state index contributed by atoms with van der Waals surface area (Å²) < 4.78 is 4.90. The van der Waals surface area contributed by atoms with Crippen molar-refractivity contribution in [2.75, 3.05) is 6.61 Å². The number of halogens is 1. The molecule has 0 amide bonds. The van der Waals surface area contributed by atoms with Crippen LogP contribution in [0.25, 0.3) is 0 Å². The van der Waals surface area contributed by atoms with Gasteiger partial charge in [-0.3, -0.25) is 10.1 Å². The Balaban J connectivity index is 3.15. The van der Waals surface area contributed by atoms with E-state index in [-0.39, 0.29) is 22.3 Å². The van der Waals surface area contributed by atoms with Gasteiger partial charge in [0.15, 0.2) is 0 Å². The molecule has 0 aliphatic heterocycles. The minimum absolute atomic E-state index is 0.147. The van der Waals surface area contributed by atoms with E-state index in [9.17, 15) is 14.9 Å². The molecule has 5 nitrogen and oxygen atoms in total. The third-order valence-electron chi connectivity index (χ3n) is 1.67. The minimum atomic E-state index is -0.576. The van der Waals surface area contributed by atoms with E-state index in [2.05, 4.69) is 15.9 Å². The fourth-order valence-corrected chi connectivity index (χ4v) is 1.60. The van der Waals surface area contributed by atoms with Gasteiger partial charge in [0.05, 0.1) is 17.1 Å². The molecule has 0 radical (unpaired) electrons. The molecule has 1 aromatic rings. The summed E-state index contributed by atoms with van der Waals surface area (Å²) in [6, 6.07) is 4.22. The Bertz CT molecular complexity index is 405. The predicted molar refractivity (Wildman–Crippen MR) is 56.8 cm³/mol. The fraction of sp³-hybridized carbons (Fsp3) is 0.222. The molecule has 0 atom stereocenters.